The summed E-state index contributed by atoms with van der Waals surface area (Å²) in [6.07, 6.45) is 0. The third kappa shape index (κ3) is 3.91. The number of alkyl halides is 1. The zero-order valence-electron chi connectivity index (χ0n) is 13.6. The number of nitro benzene ring substituents is 1. The lowest BCUT2D eigenvalue weighted by Gasteiger charge is -2.16. The monoisotopic (exact) mass is 407 g/mol. The molecular formula is C17H11Cl2N3O5. The molecule has 8 nitrogen and oxygen atoms in total. The maximum Gasteiger partial charge on any atom is 0.349 e. The van der Waals surface area contributed by atoms with E-state index in [1.165, 1.54) is 23.1 Å². The Morgan fingerprint density at radius 1 is 1.22 bits per heavy atom. The number of rotatable bonds is 5. The molecule has 3 rings (SSSR count). The molecule has 1 amide bonds. The molecule has 0 unspecified atom stereocenters. The van der Waals surface area contributed by atoms with Crippen molar-refractivity contribution < 1.29 is 19.3 Å². The first-order valence-corrected chi connectivity index (χ1v) is 8.51. The van der Waals surface area contributed by atoms with Crippen LogP contribution in [0.15, 0.2) is 47.6 Å². The molecule has 1 aliphatic rings. The minimum absolute atomic E-state index is 0.184. The van der Waals surface area contributed by atoms with Gasteiger partial charge in [0.15, 0.2) is 5.71 Å². The van der Waals surface area contributed by atoms with Crippen molar-refractivity contribution >= 4 is 52.2 Å². The molecule has 0 atom stereocenters. The molecule has 0 saturated heterocycles. The molecule has 1 aliphatic heterocycles. The number of hydrogen-bond acceptors (Lipinski definition) is 6. The number of non-ortho nitro benzene ring substituents is 1. The molecule has 0 spiro atoms. The summed E-state index contributed by atoms with van der Waals surface area (Å²) in [6, 6.07) is 10.8. The van der Waals surface area contributed by atoms with Crippen LogP contribution in [-0.2, 0) is 21.0 Å². The predicted octanol–water partition coefficient (Wildman–Crippen LogP) is 3.28. The van der Waals surface area contributed by atoms with Crippen molar-refractivity contribution in [1.29, 1.82) is 0 Å². The van der Waals surface area contributed by atoms with Crippen LogP contribution < -0.4 is 4.90 Å². The van der Waals surface area contributed by atoms with Gasteiger partial charge in [0.2, 0.25) is 0 Å². The molecule has 27 heavy (non-hydrogen) atoms. The number of oxime groups is 1. The van der Waals surface area contributed by atoms with Gasteiger partial charge < -0.3 is 9.74 Å². The summed E-state index contributed by atoms with van der Waals surface area (Å²) in [6.45, 7) is 0.184. The number of benzene rings is 2. The fraction of sp³-hybridized carbons (Fsp3) is 0.118. The van der Waals surface area contributed by atoms with Crippen molar-refractivity contribution in [3.8, 4) is 0 Å². The van der Waals surface area contributed by atoms with Crippen molar-refractivity contribution in [2.75, 3.05) is 10.8 Å². The number of nitro groups is 1. The standard InChI is InChI=1S/C17H11Cl2N3O5/c18-8-15(23)27-20-16-13-7-12(22(25)26)5-6-14(13)21(17(16)24)9-10-1-3-11(19)4-2-10/h1-7H,8-9H2/b20-16-. The first-order chi connectivity index (χ1) is 12.9. The molecule has 2 aromatic carbocycles. The molecule has 0 radical (unpaired) electrons. The molecule has 0 aliphatic carbocycles. The van der Waals surface area contributed by atoms with Crippen LogP contribution >= 0.6 is 23.2 Å². The molecule has 0 aromatic heterocycles. The molecule has 0 fully saturated rings. The molecule has 10 heteroatoms. The first kappa shape index (κ1) is 18.8. The van der Waals surface area contributed by atoms with Crippen LogP contribution in [0.5, 0.6) is 0 Å². The second kappa shape index (κ2) is 7.73. The molecule has 138 valence electrons. The second-order valence-electron chi connectivity index (χ2n) is 5.51. The Hall–Kier alpha value is -2.97. The summed E-state index contributed by atoms with van der Waals surface area (Å²) < 4.78 is 0. The number of nitrogens with zero attached hydrogens (tertiary/aromatic N) is 3. The van der Waals surface area contributed by atoms with Crippen molar-refractivity contribution in [1.82, 2.24) is 0 Å². The summed E-state index contributed by atoms with van der Waals surface area (Å²) in [5, 5.41) is 15.2. The largest absolute Gasteiger partial charge is 0.349 e. The number of carbonyl (C=O) groups is 2. The van der Waals surface area contributed by atoms with Crippen molar-refractivity contribution in [2.45, 2.75) is 6.54 Å². The van der Waals surface area contributed by atoms with E-state index < -0.39 is 22.7 Å². The van der Waals surface area contributed by atoms with Crippen molar-refractivity contribution in [2.24, 2.45) is 5.16 Å². The van der Waals surface area contributed by atoms with Gasteiger partial charge in [-0.05, 0) is 23.8 Å². The predicted molar refractivity (Wildman–Crippen MR) is 99.1 cm³/mol. The topological polar surface area (TPSA) is 102 Å². The Bertz CT molecular complexity index is 960. The van der Waals surface area contributed by atoms with Gasteiger partial charge in [0.1, 0.15) is 5.88 Å². The molecule has 0 bridgehead atoms. The van der Waals surface area contributed by atoms with Crippen LogP contribution in [0.25, 0.3) is 0 Å². The lowest BCUT2D eigenvalue weighted by atomic mass is 10.1. The number of fused-ring (bicyclic) bond motifs is 1. The highest BCUT2D eigenvalue weighted by Crippen LogP contribution is 2.33. The van der Waals surface area contributed by atoms with E-state index in [1.807, 2.05) is 0 Å². The number of amides is 1. The maximum absolute atomic E-state index is 12.8. The van der Waals surface area contributed by atoms with Crippen LogP contribution in [0.2, 0.25) is 5.02 Å². The lowest BCUT2D eigenvalue weighted by Crippen LogP contribution is -2.29. The Kier molecular flexibility index (Phi) is 5.38. The average molecular weight is 408 g/mol. The van der Waals surface area contributed by atoms with E-state index in [0.29, 0.717) is 10.7 Å². The van der Waals surface area contributed by atoms with Crippen molar-refractivity contribution in [3.05, 3.63) is 68.7 Å². The third-order valence-electron chi connectivity index (χ3n) is 3.79. The van der Waals surface area contributed by atoms with E-state index in [-0.39, 0.29) is 23.5 Å². The highest BCUT2D eigenvalue weighted by molar-refractivity contribution is 6.54. The van der Waals surface area contributed by atoms with E-state index in [4.69, 9.17) is 23.2 Å². The van der Waals surface area contributed by atoms with Crippen molar-refractivity contribution in [3.63, 3.8) is 0 Å². The van der Waals surface area contributed by atoms with Crippen LogP contribution in [0, 0.1) is 10.1 Å². The molecular weight excluding hydrogens is 397 g/mol. The number of halogens is 2. The maximum atomic E-state index is 12.8. The summed E-state index contributed by atoms with van der Waals surface area (Å²) in [7, 11) is 0. The van der Waals surface area contributed by atoms with E-state index in [2.05, 4.69) is 9.99 Å². The number of carbonyl (C=O) groups excluding carboxylic acids is 2. The highest BCUT2D eigenvalue weighted by atomic mass is 35.5. The van der Waals surface area contributed by atoms with Gasteiger partial charge in [-0.3, -0.25) is 14.9 Å². The minimum Gasteiger partial charge on any atom is -0.316 e. The Morgan fingerprint density at radius 2 is 1.93 bits per heavy atom. The summed E-state index contributed by atoms with van der Waals surface area (Å²) >= 11 is 11.2. The van der Waals surface area contributed by atoms with Crippen LogP contribution in [-0.4, -0.2) is 28.4 Å². The second-order valence-corrected chi connectivity index (χ2v) is 6.22. The zero-order chi connectivity index (χ0) is 19.6. The van der Waals surface area contributed by atoms with Gasteiger partial charge in [0.25, 0.3) is 11.6 Å². The highest BCUT2D eigenvalue weighted by Gasteiger charge is 2.36. The normalized spacial score (nSPS) is 14.4. The fourth-order valence-corrected chi connectivity index (χ4v) is 2.73. The molecule has 0 N–H and O–H groups in total. The van der Waals surface area contributed by atoms with Gasteiger partial charge in [-0.2, -0.15) is 0 Å². The van der Waals surface area contributed by atoms with Gasteiger partial charge in [-0.1, -0.05) is 28.9 Å². The van der Waals surface area contributed by atoms with E-state index in [0.717, 1.165) is 5.56 Å². The first-order valence-electron chi connectivity index (χ1n) is 7.59. The van der Waals surface area contributed by atoms with Gasteiger partial charge in [0, 0.05) is 22.7 Å². The minimum atomic E-state index is -0.847. The molecule has 0 saturated carbocycles. The average Bonchev–Trinajstić information content (AvgIpc) is 2.92. The summed E-state index contributed by atoms with van der Waals surface area (Å²) in [5.41, 5.74) is 0.982. The van der Waals surface area contributed by atoms with Gasteiger partial charge in [-0.25, -0.2) is 4.79 Å². The van der Waals surface area contributed by atoms with Crippen LogP contribution in [0.4, 0.5) is 11.4 Å². The Balaban J connectivity index is 2.01. The van der Waals surface area contributed by atoms with Crippen LogP contribution in [0.3, 0.4) is 0 Å². The summed E-state index contributed by atoms with van der Waals surface area (Å²) in [4.78, 5) is 40.5. The SMILES string of the molecule is O=C(CCl)O/N=C1\C(=O)N(Cc2ccc(Cl)cc2)c2ccc([N+](=O)[O-])cc21. The Morgan fingerprint density at radius 3 is 2.56 bits per heavy atom. The number of hydrogen-bond donors (Lipinski definition) is 0. The van der Waals surface area contributed by atoms with E-state index >= 15 is 0 Å². The van der Waals surface area contributed by atoms with E-state index in [1.54, 1.807) is 24.3 Å². The Labute approximate surface area is 163 Å². The van der Waals surface area contributed by atoms with E-state index in [9.17, 15) is 19.7 Å². The molecule has 1 heterocycles. The summed E-state index contributed by atoms with van der Waals surface area (Å²) in [5.74, 6) is -1.84. The lowest BCUT2D eigenvalue weighted by molar-refractivity contribution is -0.384. The number of anilines is 1. The zero-order valence-corrected chi connectivity index (χ0v) is 15.1. The van der Waals surface area contributed by atoms with Gasteiger partial charge in [0.05, 0.1) is 17.2 Å². The fourth-order valence-electron chi connectivity index (χ4n) is 2.55. The smallest absolute Gasteiger partial charge is 0.316 e. The van der Waals surface area contributed by atoms with Crippen LogP contribution in [0.1, 0.15) is 11.1 Å². The third-order valence-corrected chi connectivity index (χ3v) is 4.26. The molecule has 2 aromatic rings. The quantitative estimate of drug-likeness (QED) is 0.327. The van der Waals surface area contributed by atoms with Gasteiger partial charge in [-0.15, -0.1) is 11.6 Å². The van der Waals surface area contributed by atoms with Gasteiger partial charge >= 0.3 is 5.97 Å².